The fourth-order valence-corrected chi connectivity index (χ4v) is 2.44. The Kier molecular flexibility index (Phi) is 4.27. The van der Waals surface area contributed by atoms with Gasteiger partial charge >= 0.3 is 0 Å². The molecule has 0 atom stereocenters. The van der Waals surface area contributed by atoms with E-state index in [9.17, 15) is 0 Å². The number of nitrogen functional groups attached to an aromatic ring is 1. The van der Waals surface area contributed by atoms with E-state index in [1.54, 1.807) is 18.2 Å². The van der Waals surface area contributed by atoms with Gasteiger partial charge in [0.15, 0.2) is 0 Å². The van der Waals surface area contributed by atoms with Crippen LogP contribution in [-0.4, -0.2) is 9.55 Å². The van der Waals surface area contributed by atoms with Crippen LogP contribution in [0.4, 0.5) is 5.82 Å². The predicted octanol–water partition coefficient (Wildman–Crippen LogP) is 4.20. The van der Waals surface area contributed by atoms with Crippen molar-refractivity contribution in [2.24, 2.45) is 0 Å². The van der Waals surface area contributed by atoms with E-state index >= 15 is 0 Å². The van der Waals surface area contributed by atoms with Crippen molar-refractivity contribution in [1.29, 1.82) is 0 Å². The SMILES string of the molecule is C#CCn1c(C(C)C)nc(-c2cc(Cl)ccc2Cl)c1N. The Bertz CT molecular complexity index is 681. The molecule has 0 radical (unpaired) electrons. The largest absolute Gasteiger partial charge is 0.383 e. The molecule has 0 spiro atoms. The minimum absolute atomic E-state index is 0.206. The van der Waals surface area contributed by atoms with E-state index in [1.807, 2.05) is 18.4 Å². The van der Waals surface area contributed by atoms with E-state index in [2.05, 4.69) is 10.9 Å². The van der Waals surface area contributed by atoms with E-state index in [-0.39, 0.29) is 5.92 Å². The maximum Gasteiger partial charge on any atom is 0.132 e. The number of nitrogens with zero attached hydrogens (tertiary/aromatic N) is 2. The smallest absolute Gasteiger partial charge is 0.132 e. The van der Waals surface area contributed by atoms with Crippen molar-refractivity contribution in [2.75, 3.05) is 5.73 Å². The summed E-state index contributed by atoms with van der Waals surface area (Å²) in [7, 11) is 0. The second-order valence-corrected chi connectivity index (χ2v) is 5.62. The van der Waals surface area contributed by atoms with Crippen molar-refractivity contribution in [2.45, 2.75) is 26.3 Å². The van der Waals surface area contributed by atoms with Crippen molar-refractivity contribution in [1.82, 2.24) is 9.55 Å². The van der Waals surface area contributed by atoms with E-state index < -0.39 is 0 Å². The number of rotatable bonds is 3. The molecular weight excluding hydrogens is 293 g/mol. The van der Waals surface area contributed by atoms with E-state index in [0.29, 0.717) is 33.7 Å². The molecule has 0 aliphatic carbocycles. The fourth-order valence-electron chi connectivity index (χ4n) is 2.06. The van der Waals surface area contributed by atoms with Gasteiger partial charge in [0.2, 0.25) is 0 Å². The summed E-state index contributed by atoms with van der Waals surface area (Å²) in [6.07, 6.45) is 5.40. The first-order chi connectivity index (χ1) is 9.45. The highest BCUT2D eigenvalue weighted by atomic mass is 35.5. The molecule has 2 N–H and O–H groups in total. The summed E-state index contributed by atoms with van der Waals surface area (Å²) >= 11 is 12.2. The first-order valence-corrected chi connectivity index (χ1v) is 6.96. The maximum atomic E-state index is 6.22. The molecule has 0 unspecified atom stereocenters. The van der Waals surface area contributed by atoms with Crippen LogP contribution in [0.3, 0.4) is 0 Å². The highest BCUT2D eigenvalue weighted by Gasteiger charge is 2.19. The molecular formula is C15H15Cl2N3. The molecule has 1 heterocycles. The third-order valence-electron chi connectivity index (χ3n) is 2.99. The van der Waals surface area contributed by atoms with Gasteiger partial charge in [-0.15, -0.1) is 6.42 Å². The molecule has 0 saturated carbocycles. The lowest BCUT2D eigenvalue weighted by molar-refractivity contribution is 0.691. The molecule has 104 valence electrons. The quantitative estimate of drug-likeness (QED) is 0.864. The molecule has 1 aromatic heterocycles. The van der Waals surface area contributed by atoms with Crippen LogP contribution in [0.5, 0.6) is 0 Å². The first-order valence-electron chi connectivity index (χ1n) is 6.20. The monoisotopic (exact) mass is 307 g/mol. The lowest BCUT2D eigenvalue weighted by Crippen LogP contribution is -2.07. The number of anilines is 1. The van der Waals surface area contributed by atoms with Crippen LogP contribution < -0.4 is 5.73 Å². The van der Waals surface area contributed by atoms with Crippen molar-refractivity contribution in [3.63, 3.8) is 0 Å². The molecule has 5 heteroatoms. The zero-order valence-corrected chi connectivity index (χ0v) is 12.8. The second-order valence-electron chi connectivity index (χ2n) is 4.77. The Hall–Kier alpha value is -1.63. The Morgan fingerprint density at radius 1 is 1.40 bits per heavy atom. The molecule has 2 rings (SSSR count). The van der Waals surface area contributed by atoms with E-state index in [4.69, 9.17) is 35.4 Å². The van der Waals surface area contributed by atoms with Gasteiger partial charge in [-0.1, -0.05) is 43.0 Å². The number of benzene rings is 1. The summed E-state index contributed by atoms with van der Waals surface area (Å²) in [6.45, 7) is 4.46. The van der Waals surface area contributed by atoms with Gasteiger partial charge in [0.25, 0.3) is 0 Å². The van der Waals surface area contributed by atoms with Gasteiger partial charge in [-0.25, -0.2) is 4.98 Å². The number of nitrogens with two attached hydrogens (primary N) is 1. The Morgan fingerprint density at radius 3 is 2.70 bits per heavy atom. The lowest BCUT2D eigenvalue weighted by Gasteiger charge is -2.08. The van der Waals surface area contributed by atoms with Gasteiger partial charge in [-0.3, -0.25) is 0 Å². The average molecular weight is 308 g/mol. The first kappa shape index (κ1) is 14.8. The zero-order chi connectivity index (χ0) is 14.9. The minimum atomic E-state index is 0.206. The Morgan fingerprint density at radius 2 is 2.10 bits per heavy atom. The van der Waals surface area contributed by atoms with E-state index in [1.165, 1.54) is 0 Å². The van der Waals surface area contributed by atoms with Crippen LogP contribution in [0.25, 0.3) is 11.3 Å². The summed E-state index contributed by atoms with van der Waals surface area (Å²) in [5, 5.41) is 1.14. The van der Waals surface area contributed by atoms with Gasteiger partial charge < -0.3 is 10.3 Å². The predicted molar refractivity (Wildman–Crippen MR) is 85.0 cm³/mol. The average Bonchev–Trinajstić information content (AvgIpc) is 2.71. The van der Waals surface area contributed by atoms with Gasteiger partial charge in [0.05, 0.1) is 11.6 Å². The third-order valence-corrected chi connectivity index (χ3v) is 3.55. The molecule has 0 fully saturated rings. The molecule has 20 heavy (non-hydrogen) atoms. The zero-order valence-electron chi connectivity index (χ0n) is 11.3. The van der Waals surface area contributed by atoms with Crippen molar-refractivity contribution in [3.8, 4) is 23.6 Å². The highest BCUT2D eigenvalue weighted by molar-refractivity contribution is 6.35. The van der Waals surface area contributed by atoms with Crippen LogP contribution in [0.15, 0.2) is 18.2 Å². The fraction of sp³-hybridized carbons (Fsp3) is 0.267. The second kappa shape index (κ2) is 5.78. The van der Waals surface area contributed by atoms with Gasteiger partial charge in [-0.05, 0) is 18.2 Å². The van der Waals surface area contributed by atoms with Crippen LogP contribution in [0.2, 0.25) is 10.0 Å². The number of imidazole rings is 1. The van der Waals surface area contributed by atoms with Gasteiger partial charge in [0.1, 0.15) is 17.3 Å². The summed E-state index contributed by atoms with van der Waals surface area (Å²) in [4.78, 5) is 4.60. The molecule has 0 aliphatic rings. The Balaban J connectivity index is 2.66. The van der Waals surface area contributed by atoms with Crippen molar-refractivity contribution >= 4 is 29.0 Å². The summed E-state index contributed by atoms with van der Waals surface area (Å²) < 4.78 is 1.83. The molecule has 2 aromatic rings. The molecule has 0 aliphatic heterocycles. The van der Waals surface area contributed by atoms with Crippen molar-refractivity contribution < 1.29 is 0 Å². The topological polar surface area (TPSA) is 43.8 Å². The molecule has 0 saturated heterocycles. The molecule has 1 aromatic carbocycles. The summed E-state index contributed by atoms with van der Waals surface area (Å²) in [6, 6.07) is 5.21. The third kappa shape index (κ3) is 2.63. The number of aromatic nitrogens is 2. The normalized spacial score (nSPS) is 10.8. The number of halogens is 2. The molecule has 0 amide bonds. The van der Waals surface area contributed by atoms with Crippen LogP contribution >= 0.6 is 23.2 Å². The number of hydrogen-bond donors (Lipinski definition) is 1. The highest BCUT2D eigenvalue weighted by Crippen LogP contribution is 2.35. The van der Waals surface area contributed by atoms with Gasteiger partial charge in [0, 0.05) is 16.5 Å². The van der Waals surface area contributed by atoms with Crippen LogP contribution in [0.1, 0.15) is 25.6 Å². The standard InChI is InChI=1S/C15H15Cl2N3/c1-4-7-20-14(18)13(19-15(20)9(2)3)11-8-10(16)5-6-12(11)17/h1,5-6,8-9H,7,18H2,2-3H3. The number of terminal acetylenes is 1. The summed E-state index contributed by atoms with van der Waals surface area (Å²) in [5.41, 5.74) is 7.52. The number of hydrogen-bond acceptors (Lipinski definition) is 2. The Labute approximate surface area is 128 Å². The minimum Gasteiger partial charge on any atom is -0.383 e. The van der Waals surface area contributed by atoms with Crippen molar-refractivity contribution in [3.05, 3.63) is 34.1 Å². The lowest BCUT2D eigenvalue weighted by atomic mass is 10.1. The van der Waals surface area contributed by atoms with Crippen LogP contribution in [0, 0.1) is 12.3 Å². The van der Waals surface area contributed by atoms with Crippen LogP contribution in [-0.2, 0) is 6.54 Å². The van der Waals surface area contributed by atoms with Gasteiger partial charge in [-0.2, -0.15) is 0 Å². The maximum absolute atomic E-state index is 6.22. The molecule has 0 bridgehead atoms. The van der Waals surface area contributed by atoms with E-state index in [0.717, 1.165) is 5.82 Å². The molecule has 3 nitrogen and oxygen atoms in total. The summed E-state index contributed by atoms with van der Waals surface area (Å²) in [5.74, 6) is 4.15.